The van der Waals surface area contributed by atoms with Gasteiger partial charge in [-0.2, -0.15) is 13.2 Å². The lowest BCUT2D eigenvalue weighted by Crippen LogP contribution is -2.38. The predicted octanol–water partition coefficient (Wildman–Crippen LogP) is 3.47. The van der Waals surface area contributed by atoms with Crippen molar-refractivity contribution < 1.29 is 22.4 Å². The summed E-state index contributed by atoms with van der Waals surface area (Å²) in [5.41, 5.74) is 1.45. The fourth-order valence-electron chi connectivity index (χ4n) is 2.50. The van der Waals surface area contributed by atoms with Crippen LogP contribution in [-0.4, -0.2) is 32.7 Å². The number of pyridine rings is 1. The van der Waals surface area contributed by atoms with Gasteiger partial charge in [-0.05, 0) is 35.9 Å². The minimum Gasteiger partial charge on any atom is -0.271 e. The van der Waals surface area contributed by atoms with Gasteiger partial charge in [0.05, 0.1) is 5.56 Å². The van der Waals surface area contributed by atoms with Crippen molar-refractivity contribution in [3.05, 3.63) is 66.1 Å². The number of carbonyl (C=O) groups is 1. The molecule has 3 rings (SSSR count). The number of alkyl halides is 4. The van der Waals surface area contributed by atoms with Crippen LogP contribution in [0.5, 0.6) is 0 Å². The lowest BCUT2D eigenvalue weighted by atomic mass is 10.1. The number of hydrogen-bond acceptors (Lipinski definition) is 5. The van der Waals surface area contributed by atoms with E-state index in [0.29, 0.717) is 5.82 Å². The second-order valence-electron chi connectivity index (χ2n) is 6.14. The largest absolute Gasteiger partial charge is 0.416 e. The van der Waals surface area contributed by atoms with Crippen molar-refractivity contribution in [3.8, 4) is 11.4 Å². The van der Waals surface area contributed by atoms with Gasteiger partial charge in [0.2, 0.25) is 0 Å². The van der Waals surface area contributed by atoms with Gasteiger partial charge >= 0.3 is 6.18 Å². The number of nitrogens with zero attached hydrogens (tertiary/aromatic N) is 5. The monoisotopic (exact) mass is 420 g/mol. The van der Waals surface area contributed by atoms with Gasteiger partial charge < -0.3 is 0 Å². The fraction of sp³-hybridized carbons (Fsp3) is 0.158. The van der Waals surface area contributed by atoms with Crippen LogP contribution in [0.2, 0.25) is 0 Å². The average molecular weight is 420 g/mol. The molecule has 0 bridgehead atoms. The Kier molecular flexibility index (Phi) is 6.09. The van der Waals surface area contributed by atoms with Gasteiger partial charge in [0.1, 0.15) is 18.8 Å². The molecule has 0 radical (unpaired) electrons. The molecule has 11 heteroatoms. The average Bonchev–Trinajstić information content (AvgIpc) is 3.21. The summed E-state index contributed by atoms with van der Waals surface area (Å²) in [6.45, 7) is -1.05. The molecular formula is C19H16F4N6O. The first-order chi connectivity index (χ1) is 14.3. The molecule has 0 saturated carbocycles. The highest BCUT2D eigenvalue weighted by Gasteiger charge is 2.31. The second kappa shape index (κ2) is 8.72. The van der Waals surface area contributed by atoms with Crippen molar-refractivity contribution in [2.45, 2.75) is 12.9 Å². The molecule has 156 valence electrons. The summed E-state index contributed by atoms with van der Waals surface area (Å²) in [4.78, 5) is 20.0. The molecule has 0 aliphatic heterocycles. The van der Waals surface area contributed by atoms with Crippen LogP contribution in [0, 0.1) is 0 Å². The SMILES string of the molecule is CN(NC(=O)/C=C\n1cnc(-c2cc(CF)cc(C(F)(F)F)c2)n1)c1ccccn1. The number of hydrazine groups is 1. The molecule has 0 aliphatic rings. The molecule has 2 aromatic heterocycles. The maximum Gasteiger partial charge on any atom is 0.416 e. The predicted molar refractivity (Wildman–Crippen MR) is 101 cm³/mol. The first-order valence-corrected chi connectivity index (χ1v) is 8.58. The summed E-state index contributed by atoms with van der Waals surface area (Å²) < 4.78 is 53.1. The summed E-state index contributed by atoms with van der Waals surface area (Å²) in [5.74, 6) is 0.000884. The van der Waals surface area contributed by atoms with Crippen molar-refractivity contribution in [2.24, 2.45) is 0 Å². The van der Waals surface area contributed by atoms with Crippen LogP contribution < -0.4 is 10.4 Å². The van der Waals surface area contributed by atoms with Crippen molar-refractivity contribution in [3.63, 3.8) is 0 Å². The maximum absolute atomic E-state index is 13.0. The van der Waals surface area contributed by atoms with E-state index in [4.69, 9.17) is 0 Å². The van der Waals surface area contributed by atoms with Crippen LogP contribution in [0.15, 0.2) is 55.0 Å². The minimum absolute atomic E-state index is 0.0176. The standard InChI is InChI=1S/C19H16F4N6O/c1-28(16-4-2-3-6-24-16)26-17(30)5-7-29-12-25-18(27-29)14-8-13(11-20)9-15(10-14)19(21,22)23/h2-10,12H,11H2,1H3,(H,26,30)/b7-5-. The molecule has 7 nitrogen and oxygen atoms in total. The smallest absolute Gasteiger partial charge is 0.271 e. The number of anilines is 1. The zero-order chi connectivity index (χ0) is 21.7. The van der Waals surface area contributed by atoms with E-state index < -0.39 is 24.3 Å². The van der Waals surface area contributed by atoms with E-state index in [2.05, 4.69) is 20.5 Å². The van der Waals surface area contributed by atoms with E-state index in [1.54, 1.807) is 31.4 Å². The quantitative estimate of drug-likeness (QED) is 0.376. The third kappa shape index (κ3) is 5.19. The van der Waals surface area contributed by atoms with E-state index in [1.165, 1.54) is 23.6 Å². The Bertz CT molecular complexity index is 1050. The van der Waals surface area contributed by atoms with Crippen molar-refractivity contribution in [1.82, 2.24) is 25.2 Å². The molecule has 0 saturated heterocycles. The van der Waals surface area contributed by atoms with Crippen molar-refractivity contribution >= 4 is 17.9 Å². The van der Waals surface area contributed by atoms with Gasteiger partial charge in [0.15, 0.2) is 5.82 Å². The number of carbonyl (C=O) groups excluding carboxylic acids is 1. The lowest BCUT2D eigenvalue weighted by Gasteiger charge is -2.17. The third-order valence-electron chi connectivity index (χ3n) is 3.89. The summed E-state index contributed by atoms with van der Waals surface area (Å²) >= 11 is 0. The molecule has 2 heterocycles. The summed E-state index contributed by atoms with van der Waals surface area (Å²) in [6.07, 6.45) is 0.614. The minimum atomic E-state index is -4.62. The van der Waals surface area contributed by atoms with E-state index in [0.717, 1.165) is 22.9 Å². The Morgan fingerprint density at radius 2 is 2.03 bits per heavy atom. The molecule has 0 atom stereocenters. The van der Waals surface area contributed by atoms with Crippen molar-refractivity contribution in [2.75, 3.05) is 12.1 Å². The molecule has 0 unspecified atom stereocenters. The summed E-state index contributed by atoms with van der Waals surface area (Å²) in [6, 6.07) is 8.03. The second-order valence-corrected chi connectivity index (χ2v) is 6.14. The first kappa shape index (κ1) is 21.0. The van der Waals surface area contributed by atoms with Gasteiger partial charge in [0.25, 0.3) is 5.91 Å². The van der Waals surface area contributed by atoms with Gasteiger partial charge in [-0.3, -0.25) is 15.2 Å². The number of benzene rings is 1. The summed E-state index contributed by atoms with van der Waals surface area (Å²) in [5, 5.41) is 5.43. The van der Waals surface area contributed by atoms with Crippen LogP contribution in [0.3, 0.4) is 0 Å². The van der Waals surface area contributed by atoms with Crippen LogP contribution >= 0.6 is 0 Å². The number of amides is 1. The topological polar surface area (TPSA) is 75.9 Å². The molecule has 0 spiro atoms. The number of nitrogens with one attached hydrogen (secondary N) is 1. The molecule has 1 N–H and O–H groups in total. The molecule has 3 aromatic rings. The van der Waals surface area contributed by atoms with Gasteiger partial charge in [-0.25, -0.2) is 19.0 Å². The van der Waals surface area contributed by atoms with E-state index >= 15 is 0 Å². The highest BCUT2D eigenvalue weighted by Crippen LogP contribution is 2.32. The fourth-order valence-corrected chi connectivity index (χ4v) is 2.50. The Labute approximate surface area is 168 Å². The van der Waals surface area contributed by atoms with E-state index in [-0.39, 0.29) is 17.0 Å². The zero-order valence-electron chi connectivity index (χ0n) is 15.6. The molecule has 1 amide bonds. The number of aromatic nitrogens is 4. The first-order valence-electron chi connectivity index (χ1n) is 8.58. The highest BCUT2D eigenvalue weighted by atomic mass is 19.4. The lowest BCUT2D eigenvalue weighted by molar-refractivity contribution is -0.137. The molecule has 0 fully saturated rings. The highest BCUT2D eigenvalue weighted by molar-refractivity contribution is 5.90. The molecular weight excluding hydrogens is 404 g/mol. The molecule has 1 aromatic carbocycles. The number of rotatable bonds is 6. The summed E-state index contributed by atoms with van der Waals surface area (Å²) in [7, 11) is 1.61. The Morgan fingerprint density at radius 3 is 2.70 bits per heavy atom. The Morgan fingerprint density at radius 1 is 1.23 bits per heavy atom. The molecule has 0 aliphatic carbocycles. The third-order valence-corrected chi connectivity index (χ3v) is 3.89. The van der Waals surface area contributed by atoms with E-state index in [1.807, 2.05) is 0 Å². The number of halogens is 4. The Balaban J connectivity index is 1.73. The van der Waals surface area contributed by atoms with Gasteiger partial charge in [0, 0.05) is 31.1 Å². The van der Waals surface area contributed by atoms with Crippen molar-refractivity contribution in [1.29, 1.82) is 0 Å². The van der Waals surface area contributed by atoms with Crippen LogP contribution in [-0.2, 0) is 17.6 Å². The molecule has 30 heavy (non-hydrogen) atoms. The normalized spacial score (nSPS) is 11.6. The number of hydrogen-bond donors (Lipinski definition) is 1. The van der Waals surface area contributed by atoms with E-state index in [9.17, 15) is 22.4 Å². The zero-order valence-corrected chi connectivity index (χ0v) is 15.6. The van der Waals surface area contributed by atoms with Gasteiger partial charge in [-0.1, -0.05) is 6.07 Å². The Hall–Kier alpha value is -3.76. The van der Waals surface area contributed by atoms with Gasteiger partial charge in [-0.15, -0.1) is 5.10 Å². The van der Waals surface area contributed by atoms with Crippen LogP contribution in [0.25, 0.3) is 17.6 Å². The van der Waals surface area contributed by atoms with Crippen LogP contribution in [0.4, 0.5) is 23.4 Å². The van der Waals surface area contributed by atoms with Crippen LogP contribution in [0.1, 0.15) is 11.1 Å². The maximum atomic E-state index is 13.0.